The zero-order valence-electron chi connectivity index (χ0n) is 10.1. The lowest BCUT2D eigenvalue weighted by molar-refractivity contribution is -0.126. The van der Waals surface area contributed by atoms with Crippen LogP contribution >= 0.6 is 0 Å². The van der Waals surface area contributed by atoms with Crippen LogP contribution in [0.1, 0.15) is 40.0 Å². The highest BCUT2D eigenvalue weighted by atomic mass is 16.2. The van der Waals surface area contributed by atoms with Gasteiger partial charge in [-0.1, -0.05) is 20.8 Å². The summed E-state index contributed by atoms with van der Waals surface area (Å²) in [7, 11) is 1.57. The summed E-state index contributed by atoms with van der Waals surface area (Å²) in [6.07, 6.45) is 1.47. The fourth-order valence-electron chi connectivity index (χ4n) is 1.02. The van der Waals surface area contributed by atoms with Crippen LogP contribution in [0.4, 0.5) is 0 Å². The second kappa shape index (κ2) is 6.43. The Hall–Kier alpha value is -1.06. The summed E-state index contributed by atoms with van der Waals surface area (Å²) in [5.41, 5.74) is 0.230. The molecule has 0 fully saturated rings. The van der Waals surface area contributed by atoms with Crippen LogP contribution in [0, 0.1) is 5.41 Å². The second-order valence-electron chi connectivity index (χ2n) is 4.83. The van der Waals surface area contributed by atoms with E-state index in [2.05, 4.69) is 31.4 Å². The Kier molecular flexibility index (Phi) is 5.97. The van der Waals surface area contributed by atoms with Gasteiger partial charge in [0.1, 0.15) is 0 Å². The smallest absolute Gasteiger partial charge is 0.220 e. The van der Waals surface area contributed by atoms with Gasteiger partial charge in [-0.2, -0.15) is 0 Å². The minimum Gasteiger partial charge on any atom is -0.359 e. The highest BCUT2D eigenvalue weighted by Crippen LogP contribution is 2.16. The topological polar surface area (TPSA) is 58.2 Å². The minimum atomic E-state index is -0.0963. The Morgan fingerprint density at radius 3 is 2.07 bits per heavy atom. The molecule has 0 aliphatic rings. The van der Waals surface area contributed by atoms with Gasteiger partial charge in [-0.15, -0.1) is 0 Å². The quantitative estimate of drug-likeness (QED) is 0.719. The van der Waals surface area contributed by atoms with Gasteiger partial charge in [-0.25, -0.2) is 0 Å². The van der Waals surface area contributed by atoms with Gasteiger partial charge in [0.25, 0.3) is 0 Å². The highest BCUT2D eigenvalue weighted by molar-refractivity contribution is 5.83. The number of carbonyl (C=O) groups is 2. The molecule has 4 heteroatoms. The van der Waals surface area contributed by atoms with Gasteiger partial charge in [-0.05, 0) is 11.8 Å². The van der Waals surface area contributed by atoms with Crippen LogP contribution < -0.4 is 10.6 Å². The molecule has 0 aromatic rings. The normalized spacial score (nSPS) is 10.9. The molecule has 0 atom stereocenters. The van der Waals surface area contributed by atoms with Gasteiger partial charge in [-0.3, -0.25) is 9.59 Å². The average Bonchev–Trinajstić information content (AvgIpc) is 2.12. The fourth-order valence-corrected chi connectivity index (χ4v) is 1.02. The number of hydrogen-bond acceptors (Lipinski definition) is 2. The minimum absolute atomic E-state index is 0.0529. The van der Waals surface area contributed by atoms with Gasteiger partial charge in [0.05, 0.1) is 0 Å². The average molecular weight is 214 g/mol. The largest absolute Gasteiger partial charge is 0.359 e. The third-order valence-corrected chi connectivity index (χ3v) is 2.06. The van der Waals surface area contributed by atoms with E-state index in [1.807, 2.05) is 0 Å². The van der Waals surface area contributed by atoms with Gasteiger partial charge >= 0.3 is 0 Å². The van der Waals surface area contributed by atoms with Crippen molar-refractivity contribution in [2.24, 2.45) is 5.41 Å². The molecule has 4 nitrogen and oxygen atoms in total. The first-order valence-corrected chi connectivity index (χ1v) is 5.32. The summed E-state index contributed by atoms with van der Waals surface area (Å²) in [4.78, 5) is 22.1. The predicted octanol–water partition coefficient (Wildman–Crippen LogP) is 1.06. The molecule has 0 spiro atoms. The molecule has 0 aliphatic carbocycles. The highest BCUT2D eigenvalue weighted by Gasteiger charge is 2.10. The SMILES string of the molecule is CNC(=O)CCC(=O)NCCC(C)(C)C. The molecule has 88 valence electrons. The summed E-state index contributed by atoms with van der Waals surface area (Å²) in [5, 5.41) is 5.28. The maximum absolute atomic E-state index is 11.3. The van der Waals surface area contributed by atoms with Crippen molar-refractivity contribution in [3.8, 4) is 0 Å². The zero-order valence-corrected chi connectivity index (χ0v) is 10.1. The molecule has 0 radical (unpaired) electrons. The summed E-state index contributed by atoms with van der Waals surface area (Å²) >= 11 is 0. The van der Waals surface area contributed by atoms with Crippen molar-refractivity contribution in [1.29, 1.82) is 0 Å². The van der Waals surface area contributed by atoms with Gasteiger partial charge in [0.2, 0.25) is 11.8 Å². The van der Waals surface area contributed by atoms with E-state index >= 15 is 0 Å². The van der Waals surface area contributed by atoms with Crippen molar-refractivity contribution in [3.05, 3.63) is 0 Å². The third-order valence-electron chi connectivity index (χ3n) is 2.06. The van der Waals surface area contributed by atoms with Crippen LogP contribution in [0.3, 0.4) is 0 Å². The molecule has 0 rings (SSSR count). The predicted molar refractivity (Wildman–Crippen MR) is 60.4 cm³/mol. The first kappa shape index (κ1) is 13.9. The summed E-state index contributed by atoms with van der Waals surface area (Å²) in [6.45, 7) is 7.06. The molecule has 0 saturated heterocycles. The van der Waals surface area contributed by atoms with E-state index in [0.29, 0.717) is 6.54 Å². The molecule has 0 aromatic heterocycles. The molecular weight excluding hydrogens is 192 g/mol. The Morgan fingerprint density at radius 2 is 1.60 bits per heavy atom. The van der Waals surface area contributed by atoms with Crippen LogP contribution in [0.25, 0.3) is 0 Å². The van der Waals surface area contributed by atoms with Crippen LogP contribution in [0.2, 0.25) is 0 Å². The summed E-state index contributed by atoms with van der Waals surface area (Å²) < 4.78 is 0. The van der Waals surface area contributed by atoms with E-state index in [0.717, 1.165) is 6.42 Å². The van der Waals surface area contributed by atoms with Crippen LogP contribution in [-0.4, -0.2) is 25.4 Å². The summed E-state index contributed by atoms with van der Waals surface area (Å²) in [5.74, 6) is -0.149. The monoisotopic (exact) mass is 214 g/mol. The molecule has 0 saturated carbocycles. The van der Waals surface area contributed by atoms with Crippen molar-refractivity contribution in [1.82, 2.24) is 10.6 Å². The first-order chi connectivity index (χ1) is 6.85. The van der Waals surface area contributed by atoms with Crippen molar-refractivity contribution in [2.75, 3.05) is 13.6 Å². The first-order valence-electron chi connectivity index (χ1n) is 5.32. The number of nitrogens with one attached hydrogen (secondary N) is 2. The molecule has 0 heterocycles. The fraction of sp³-hybridized carbons (Fsp3) is 0.818. The number of rotatable bonds is 5. The van der Waals surface area contributed by atoms with Gasteiger partial charge in [0.15, 0.2) is 0 Å². The van der Waals surface area contributed by atoms with Crippen molar-refractivity contribution >= 4 is 11.8 Å². The maximum atomic E-state index is 11.3. The van der Waals surface area contributed by atoms with Crippen molar-refractivity contribution < 1.29 is 9.59 Å². The molecule has 2 N–H and O–H groups in total. The summed E-state index contributed by atoms with van der Waals surface area (Å²) in [6, 6.07) is 0. The van der Waals surface area contributed by atoms with Crippen molar-refractivity contribution in [3.63, 3.8) is 0 Å². The lowest BCUT2D eigenvalue weighted by atomic mass is 9.92. The van der Waals surface area contributed by atoms with E-state index < -0.39 is 0 Å². The van der Waals surface area contributed by atoms with E-state index in [1.54, 1.807) is 7.05 Å². The molecular formula is C11H22N2O2. The zero-order chi connectivity index (χ0) is 11.9. The standard InChI is InChI=1S/C11H22N2O2/c1-11(2,3)7-8-13-10(15)6-5-9(14)12-4/h5-8H2,1-4H3,(H,12,14)(H,13,15). The molecule has 0 aliphatic heterocycles. The molecule has 15 heavy (non-hydrogen) atoms. The van der Waals surface area contributed by atoms with Crippen LogP contribution in [-0.2, 0) is 9.59 Å². The van der Waals surface area contributed by atoms with E-state index in [1.165, 1.54) is 0 Å². The molecule has 0 bridgehead atoms. The number of amides is 2. The van der Waals surface area contributed by atoms with E-state index in [-0.39, 0.29) is 30.1 Å². The molecule has 2 amide bonds. The van der Waals surface area contributed by atoms with Crippen LogP contribution in [0.15, 0.2) is 0 Å². The second-order valence-corrected chi connectivity index (χ2v) is 4.83. The Balaban J connectivity index is 3.54. The third kappa shape index (κ3) is 9.25. The lowest BCUT2D eigenvalue weighted by Crippen LogP contribution is -2.28. The maximum Gasteiger partial charge on any atom is 0.220 e. The Morgan fingerprint density at radius 1 is 1.07 bits per heavy atom. The molecule has 0 unspecified atom stereocenters. The Labute approximate surface area is 91.8 Å². The number of hydrogen-bond donors (Lipinski definition) is 2. The Bertz CT molecular complexity index is 219. The van der Waals surface area contributed by atoms with Crippen molar-refractivity contribution in [2.45, 2.75) is 40.0 Å². The van der Waals surface area contributed by atoms with Gasteiger partial charge in [0, 0.05) is 26.4 Å². The molecule has 0 aromatic carbocycles. The lowest BCUT2D eigenvalue weighted by Gasteiger charge is -2.17. The van der Waals surface area contributed by atoms with Crippen LogP contribution in [0.5, 0.6) is 0 Å². The van der Waals surface area contributed by atoms with Gasteiger partial charge < -0.3 is 10.6 Å². The van der Waals surface area contributed by atoms with E-state index in [9.17, 15) is 9.59 Å². The number of carbonyl (C=O) groups excluding carboxylic acids is 2. The van der Waals surface area contributed by atoms with E-state index in [4.69, 9.17) is 0 Å².